The summed E-state index contributed by atoms with van der Waals surface area (Å²) in [6.45, 7) is 3.93. The number of thiazole rings is 1. The van der Waals surface area contributed by atoms with Crippen molar-refractivity contribution in [2.75, 3.05) is 0 Å². The smallest absolute Gasteiger partial charge is 0.123 e. The molecule has 0 fully saturated rings. The van der Waals surface area contributed by atoms with Crippen molar-refractivity contribution in [2.45, 2.75) is 26.0 Å². The molecule has 0 saturated carbocycles. The van der Waals surface area contributed by atoms with Gasteiger partial charge < -0.3 is 5.11 Å². The number of hydrogen-bond donors (Lipinski definition) is 1. The molecule has 0 unspecified atom stereocenters. The van der Waals surface area contributed by atoms with Crippen molar-refractivity contribution in [1.29, 1.82) is 0 Å². The lowest BCUT2D eigenvalue weighted by Crippen LogP contribution is -2.15. The van der Waals surface area contributed by atoms with Gasteiger partial charge in [-0.1, -0.05) is 35.5 Å². The Labute approximate surface area is 126 Å². The Hall–Kier alpha value is -2.05. The molecular weight excluding hydrogens is 284 g/mol. The highest BCUT2D eigenvalue weighted by molar-refractivity contribution is 7.13. The molecule has 1 N–H and O–H groups in total. The lowest BCUT2D eigenvalue weighted by Gasteiger charge is -2.11. The fourth-order valence-electron chi connectivity index (χ4n) is 1.91. The maximum atomic E-state index is 9.89. The molecule has 108 valence electrons. The van der Waals surface area contributed by atoms with Crippen LogP contribution in [0.4, 0.5) is 0 Å². The quantitative estimate of drug-likeness (QED) is 0.804. The van der Waals surface area contributed by atoms with E-state index in [1.165, 1.54) is 0 Å². The van der Waals surface area contributed by atoms with Gasteiger partial charge in [-0.15, -0.1) is 16.4 Å². The first kappa shape index (κ1) is 13.9. The molecule has 0 aliphatic rings. The third kappa shape index (κ3) is 3.17. The molecule has 3 aromatic rings. The van der Waals surface area contributed by atoms with Gasteiger partial charge >= 0.3 is 0 Å². The molecule has 0 saturated heterocycles. The molecule has 3 rings (SSSR count). The summed E-state index contributed by atoms with van der Waals surface area (Å²) in [4.78, 5) is 4.61. The topological polar surface area (TPSA) is 63.8 Å². The van der Waals surface area contributed by atoms with Gasteiger partial charge in [0, 0.05) is 10.9 Å². The van der Waals surface area contributed by atoms with Gasteiger partial charge in [-0.05, 0) is 13.8 Å². The lowest BCUT2D eigenvalue weighted by atomic mass is 10.1. The number of benzene rings is 1. The van der Waals surface area contributed by atoms with Gasteiger partial charge in [-0.25, -0.2) is 9.67 Å². The maximum absolute atomic E-state index is 9.89. The lowest BCUT2D eigenvalue weighted by molar-refractivity contribution is 0.0737. The van der Waals surface area contributed by atoms with E-state index in [0.29, 0.717) is 12.2 Å². The molecule has 1 aromatic carbocycles. The summed E-state index contributed by atoms with van der Waals surface area (Å²) in [5.41, 5.74) is 1.63. The summed E-state index contributed by atoms with van der Waals surface area (Å²) in [5, 5.41) is 20.9. The van der Waals surface area contributed by atoms with E-state index in [9.17, 15) is 5.11 Å². The Balaban J connectivity index is 1.77. The third-order valence-electron chi connectivity index (χ3n) is 3.06. The highest BCUT2D eigenvalue weighted by Crippen LogP contribution is 2.23. The van der Waals surface area contributed by atoms with E-state index in [-0.39, 0.29) is 0 Å². The zero-order valence-corrected chi connectivity index (χ0v) is 12.7. The molecule has 0 bridgehead atoms. The van der Waals surface area contributed by atoms with Crippen molar-refractivity contribution < 1.29 is 5.11 Å². The van der Waals surface area contributed by atoms with E-state index < -0.39 is 5.60 Å². The summed E-state index contributed by atoms with van der Waals surface area (Å²) >= 11 is 1.61. The van der Waals surface area contributed by atoms with Crippen molar-refractivity contribution in [3.8, 4) is 10.6 Å². The zero-order chi connectivity index (χ0) is 14.9. The first-order valence-electron chi connectivity index (χ1n) is 6.65. The SMILES string of the molecule is CC(C)(O)c1cn(Cc2csc(-c3ccccc3)n2)nn1. The Morgan fingerprint density at radius 2 is 2.00 bits per heavy atom. The molecular formula is C15H16N4OS. The van der Waals surface area contributed by atoms with E-state index in [4.69, 9.17) is 0 Å². The molecule has 2 aromatic heterocycles. The number of nitrogens with zero attached hydrogens (tertiary/aromatic N) is 4. The minimum absolute atomic E-state index is 0.548. The second-order valence-electron chi connectivity index (χ2n) is 5.37. The average molecular weight is 300 g/mol. The maximum Gasteiger partial charge on any atom is 0.123 e. The van der Waals surface area contributed by atoms with E-state index >= 15 is 0 Å². The molecule has 6 heteroatoms. The Kier molecular flexibility index (Phi) is 3.57. The Morgan fingerprint density at radius 3 is 2.67 bits per heavy atom. The second-order valence-corrected chi connectivity index (χ2v) is 6.23. The van der Waals surface area contributed by atoms with Gasteiger partial charge in [0.1, 0.15) is 16.3 Å². The van der Waals surface area contributed by atoms with Crippen LogP contribution in [0.2, 0.25) is 0 Å². The first-order chi connectivity index (χ1) is 10.0. The highest BCUT2D eigenvalue weighted by atomic mass is 32.1. The zero-order valence-electron chi connectivity index (χ0n) is 11.9. The van der Waals surface area contributed by atoms with Gasteiger partial charge in [0.2, 0.25) is 0 Å². The van der Waals surface area contributed by atoms with Crippen LogP contribution in [-0.4, -0.2) is 25.1 Å². The highest BCUT2D eigenvalue weighted by Gasteiger charge is 2.20. The van der Waals surface area contributed by atoms with Crippen molar-refractivity contribution in [1.82, 2.24) is 20.0 Å². The summed E-state index contributed by atoms with van der Waals surface area (Å²) in [7, 11) is 0. The van der Waals surface area contributed by atoms with Crippen LogP contribution < -0.4 is 0 Å². The first-order valence-corrected chi connectivity index (χ1v) is 7.53. The molecule has 0 aliphatic carbocycles. The Bertz CT molecular complexity index is 727. The number of aromatic nitrogens is 4. The summed E-state index contributed by atoms with van der Waals surface area (Å²) < 4.78 is 1.69. The predicted octanol–water partition coefficient (Wildman–Crippen LogP) is 2.68. The van der Waals surface area contributed by atoms with Gasteiger partial charge in [-0.2, -0.15) is 0 Å². The fourth-order valence-corrected chi connectivity index (χ4v) is 2.73. The van der Waals surface area contributed by atoms with Gasteiger partial charge in [0.25, 0.3) is 0 Å². The molecule has 5 nitrogen and oxygen atoms in total. The summed E-state index contributed by atoms with van der Waals surface area (Å²) in [6.07, 6.45) is 1.75. The van der Waals surface area contributed by atoms with E-state index in [1.807, 2.05) is 35.7 Å². The van der Waals surface area contributed by atoms with Crippen molar-refractivity contribution >= 4 is 11.3 Å². The van der Waals surface area contributed by atoms with Crippen LogP contribution in [0.25, 0.3) is 10.6 Å². The Morgan fingerprint density at radius 1 is 1.24 bits per heavy atom. The normalized spacial score (nSPS) is 11.8. The van der Waals surface area contributed by atoms with Crippen molar-refractivity contribution in [3.05, 3.63) is 53.3 Å². The second kappa shape index (κ2) is 5.38. The van der Waals surface area contributed by atoms with Gasteiger partial charge in [-0.3, -0.25) is 0 Å². The molecule has 2 heterocycles. The molecule has 0 atom stereocenters. The van der Waals surface area contributed by atoms with E-state index in [2.05, 4.69) is 15.3 Å². The molecule has 0 radical (unpaired) electrons. The van der Waals surface area contributed by atoms with E-state index in [1.54, 1.807) is 36.1 Å². The van der Waals surface area contributed by atoms with Crippen LogP contribution in [0.5, 0.6) is 0 Å². The molecule has 21 heavy (non-hydrogen) atoms. The standard InChI is InChI=1S/C15H16N4OS/c1-15(2,20)13-9-19(18-17-13)8-12-10-21-14(16-12)11-6-4-3-5-7-11/h3-7,9-10,20H,8H2,1-2H3. The van der Waals surface area contributed by atoms with Crippen LogP contribution in [0.15, 0.2) is 41.9 Å². The summed E-state index contributed by atoms with van der Waals surface area (Å²) in [6, 6.07) is 10.1. The van der Waals surface area contributed by atoms with E-state index in [0.717, 1.165) is 16.3 Å². The minimum Gasteiger partial charge on any atom is -0.384 e. The molecule has 0 spiro atoms. The van der Waals surface area contributed by atoms with Gasteiger partial charge in [0.05, 0.1) is 18.4 Å². The number of rotatable bonds is 4. The van der Waals surface area contributed by atoms with Crippen LogP contribution in [-0.2, 0) is 12.1 Å². The van der Waals surface area contributed by atoms with Crippen molar-refractivity contribution in [2.24, 2.45) is 0 Å². The number of aliphatic hydroxyl groups is 1. The average Bonchev–Trinajstić information content (AvgIpc) is 3.09. The predicted molar refractivity (Wildman–Crippen MR) is 81.9 cm³/mol. The van der Waals surface area contributed by atoms with Crippen LogP contribution >= 0.6 is 11.3 Å². The van der Waals surface area contributed by atoms with Crippen molar-refractivity contribution in [3.63, 3.8) is 0 Å². The van der Waals surface area contributed by atoms with Crippen LogP contribution in [0.3, 0.4) is 0 Å². The molecule has 0 aliphatic heterocycles. The minimum atomic E-state index is -0.977. The van der Waals surface area contributed by atoms with Crippen LogP contribution in [0.1, 0.15) is 25.2 Å². The monoisotopic (exact) mass is 300 g/mol. The number of hydrogen-bond acceptors (Lipinski definition) is 5. The third-order valence-corrected chi connectivity index (χ3v) is 4.00. The van der Waals surface area contributed by atoms with Gasteiger partial charge in [0.15, 0.2) is 0 Å². The van der Waals surface area contributed by atoms with Crippen LogP contribution in [0, 0.1) is 0 Å². The fraction of sp³-hybridized carbons (Fsp3) is 0.267. The molecule has 0 amide bonds. The summed E-state index contributed by atoms with van der Waals surface area (Å²) in [5.74, 6) is 0. The largest absolute Gasteiger partial charge is 0.384 e.